The van der Waals surface area contributed by atoms with Gasteiger partial charge in [-0.25, -0.2) is 0 Å². The van der Waals surface area contributed by atoms with E-state index in [9.17, 15) is 19.2 Å². The molecule has 28 heavy (non-hydrogen) atoms. The minimum Gasteiger partial charge on any atom is -0.355 e. The van der Waals surface area contributed by atoms with E-state index < -0.39 is 0 Å². The van der Waals surface area contributed by atoms with Crippen molar-refractivity contribution in [3.63, 3.8) is 0 Å². The molecule has 3 amide bonds. The molecule has 0 aliphatic rings. The van der Waals surface area contributed by atoms with Crippen LogP contribution >= 0.6 is 0 Å². The van der Waals surface area contributed by atoms with Gasteiger partial charge in [0.15, 0.2) is 5.78 Å². The van der Waals surface area contributed by atoms with Crippen LogP contribution in [0, 0.1) is 5.92 Å². The predicted molar refractivity (Wildman–Crippen MR) is 107 cm³/mol. The maximum atomic E-state index is 12.6. The second-order valence-corrected chi connectivity index (χ2v) is 6.62. The van der Waals surface area contributed by atoms with Gasteiger partial charge in [-0.3, -0.25) is 19.2 Å². The number of amides is 3. The lowest BCUT2D eigenvalue weighted by Crippen LogP contribution is -2.40. The zero-order valence-corrected chi connectivity index (χ0v) is 16.8. The summed E-state index contributed by atoms with van der Waals surface area (Å²) in [5, 5.41) is 7.89. The highest BCUT2D eigenvalue weighted by atomic mass is 16.2. The molecule has 0 heterocycles. The Labute approximate surface area is 166 Å². The van der Waals surface area contributed by atoms with Crippen molar-refractivity contribution in [1.29, 1.82) is 0 Å². The van der Waals surface area contributed by atoms with Gasteiger partial charge in [0.1, 0.15) is 0 Å². The Bertz CT molecular complexity index is 646. The van der Waals surface area contributed by atoms with Crippen molar-refractivity contribution < 1.29 is 19.2 Å². The van der Waals surface area contributed by atoms with Crippen LogP contribution in [-0.2, 0) is 25.6 Å². The molecule has 0 spiro atoms. The SMILES string of the molecule is CCNC(=O)CNC(=O)C(CCCC(=O)CNC(=O)CC)Cc1ccccc1. The van der Waals surface area contributed by atoms with Crippen LogP contribution in [0.2, 0.25) is 0 Å². The van der Waals surface area contributed by atoms with Gasteiger partial charge in [-0.1, -0.05) is 37.3 Å². The Kier molecular flexibility index (Phi) is 11.2. The Hall–Kier alpha value is -2.70. The van der Waals surface area contributed by atoms with E-state index in [-0.39, 0.29) is 42.5 Å². The maximum absolute atomic E-state index is 12.6. The normalized spacial score (nSPS) is 11.4. The van der Waals surface area contributed by atoms with E-state index in [1.807, 2.05) is 37.3 Å². The third-order valence-electron chi connectivity index (χ3n) is 4.30. The average Bonchev–Trinajstić information content (AvgIpc) is 2.70. The number of carbonyl (C=O) groups excluding carboxylic acids is 4. The van der Waals surface area contributed by atoms with Gasteiger partial charge in [0.2, 0.25) is 17.7 Å². The molecule has 0 saturated carbocycles. The van der Waals surface area contributed by atoms with Crippen LogP contribution < -0.4 is 16.0 Å². The molecule has 0 aromatic heterocycles. The standard InChI is InChI=1S/C21H31N3O4/c1-3-19(26)23-14-18(25)12-8-11-17(13-16-9-6-5-7-10-16)21(28)24-15-20(27)22-4-2/h5-7,9-10,17H,3-4,8,11-15H2,1-2H3,(H,22,27)(H,23,26)(H,24,28). The maximum Gasteiger partial charge on any atom is 0.239 e. The molecular weight excluding hydrogens is 358 g/mol. The number of benzene rings is 1. The van der Waals surface area contributed by atoms with Gasteiger partial charge in [0.25, 0.3) is 0 Å². The minimum atomic E-state index is -0.324. The topological polar surface area (TPSA) is 104 Å². The smallest absolute Gasteiger partial charge is 0.239 e. The van der Waals surface area contributed by atoms with Gasteiger partial charge in [-0.15, -0.1) is 0 Å². The molecule has 0 radical (unpaired) electrons. The van der Waals surface area contributed by atoms with E-state index in [0.29, 0.717) is 38.6 Å². The summed E-state index contributed by atoms with van der Waals surface area (Å²) in [5.74, 6) is -0.948. The number of hydrogen-bond acceptors (Lipinski definition) is 4. The second kappa shape index (κ2) is 13.5. The number of nitrogens with one attached hydrogen (secondary N) is 3. The highest BCUT2D eigenvalue weighted by Crippen LogP contribution is 2.16. The van der Waals surface area contributed by atoms with Gasteiger partial charge >= 0.3 is 0 Å². The van der Waals surface area contributed by atoms with Crippen LogP contribution in [0.3, 0.4) is 0 Å². The molecule has 0 bridgehead atoms. The Balaban J connectivity index is 2.55. The summed E-state index contributed by atoms with van der Waals surface area (Å²) in [6.45, 7) is 4.03. The van der Waals surface area contributed by atoms with Crippen LogP contribution in [0.5, 0.6) is 0 Å². The summed E-state index contributed by atoms with van der Waals surface area (Å²) < 4.78 is 0. The number of hydrogen-bond donors (Lipinski definition) is 3. The largest absolute Gasteiger partial charge is 0.355 e. The molecule has 7 heteroatoms. The van der Waals surface area contributed by atoms with Gasteiger partial charge in [0, 0.05) is 25.3 Å². The molecule has 1 aromatic rings. The second-order valence-electron chi connectivity index (χ2n) is 6.62. The summed E-state index contributed by atoms with van der Waals surface area (Å²) in [6, 6.07) is 9.65. The van der Waals surface area contributed by atoms with Crippen LogP contribution in [-0.4, -0.2) is 43.1 Å². The molecular formula is C21H31N3O4. The van der Waals surface area contributed by atoms with Gasteiger partial charge < -0.3 is 16.0 Å². The fourth-order valence-electron chi connectivity index (χ4n) is 2.75. The van der Waals surface area contributed by atoms with E-state index in [1.54, 1.807) is 6.92 Å². The van der Waals surface area contributed by atoms with E-state index in [2.05, 4.69) is 16.0 Å². The van der Waals surface area contributed by atoms with Crippen LogP contribution in [0.15, 0.2) is 30.3 Å². The number of likely N-dealkylation sites (N-methyl/N-ethyl adjacent to an activating group) is 1. The van der Waals surface area contributed by atoms with Crippen molar-refractivity contribution in [3.05, 3.63) is 35.9 Å². The van der Waals surface area contributed by atoms with Crippen molar-refractivity contribution in [2.24, 2.45) is 5.92 Å². The summed E-state index contributed by atoms with van der Waals surface area (Å²) in [7, 11) is 0. The number of Topliss-reactive ketones (excluding diaryl/α,β-unsaturated/α-hetero) is 1. The third-order valence-corrected chi connectivity index (χ3v) is 4.30. The van der Waals surface area contributed by atoms with Crippen molar-refractivity contribution in [2.45, 2.75) is 46.0 Å². The Morgan fingerprint density at radius 1 is 0.893 bits per heavy atom. The molecule has 1 aromatic carbocycles. The highest BCUT2D eigenvalue weighted by Gasteiger charge is 2.20. The van der Waals surface area contributed by atoms with Gasteiger partial charge in [-0.05, 0) is 31.7 Å². The Morgan fingerprint density at radius 2 is 1.61 bits per heavy atom. The lowest BCUT2D eigenvalue weighted by molar-refractivity contribution is -0.128. The zero-order chi connectivity index (χ0) is 20.8. The molecule has 0 aliphatic heterocycles. The first kappa shape index (κ1) is 23.3. The number of carbonyl (C=O) groups is 4. The van der Waals surface area contributed by atoms with Crippen molar-refractivity contribution in [1.82, 2.24) is 16.0 Å². The molecule has 0 saturated heterocycles. The van der Waals surface area contributed by atoms with E-state index in [4.69, 9.17) is 0 Å². The molecule has 154 valence electrons. The zero-order valence-electron chi connectivity index (χ0n) is 16.8. The molecule has 1 atom stereocenters. The molecule has 1 rings (SSSR count). The van der Waals surface area contributed by atoms with Gasteiger partial charge in [-0.2, -0.15) is 0 Å². The van der Waals surface area contributed by atoms with E-state index >= 15 is 0 Å². The van der Waals surface area contributed by atoms with Crippen molar-refractivity contribution >= 4 is 23.5 Å². The average molecular weight is 389 g/mol. The summed E-state index contributed by atoms with van der Waals surface area (Å²) in [5.41, 5.74) is 1.03. The summed E-state index contributed by atoms with van der Waals surface area (Å²) >= 11 is 0. The van der Waals surface area contributed by atoms with E-state index in [0.717, 1.165) is 5.56 Å². The first-order chi connectivity index (χ1) is 13.5. The lowest BCUT2D eigenvalue weighted by atomic mass is 9.92. The molecule has 0 aliphatic carbocycles. The van der Waals surface area contributed by atoms with Crippen molar-refractivity contribution in [2.75, 3.05) is 19.6 Å². The highest BCUT2D eigenvalue weighted by molar-refractivity contribution is 5.87. The van der Waals surface area contributed by atoms with Crippen LogP contribution in [0.1, 0.15) is 45.1 Å². The summed E-state index contributed by atoms with van der Waals surface area (Å²) in [6.07, 6.45) is 2.27. The lowest BCUT2D eigenvalue weighted by Gasteiger charge is -2.17. The van der Waals surface area contributed by atoms with Crippen LogP contribution in [0.4, 0.5) is 0 Å². The molecule has 0 fully saturated rings. The molecule has 1 unspecified atom stereocenters. The first-order valence-corrected chi connectivity index (χ1v) is 9.82. The minimum absolute atomic E-state index is 0.0272. The van der Waals surface area contributed by atoms with Crippen molar-refractivity contribution in [3.8, 4) is 0 Å². The fraction of sp³-hybridized carbons (Fsp3) is 0.524. The molecule has 7 nitrogen and oxygen atoms in total. The first-order valence-electron chi connectivity index (χ1n) is 9.82. The monoisotopic (exact) mass is 389 g/mol. The van der Waals surface area contributed by atoms with E-state index in [1.165, 1.54) is 0 Å². The predicted octanol–water partition coefficient (Wildman–Crippen LogP) is 1.36. The third kappa shape index (κ3) is 9.85. The van der Waals surface area contributed by atoms with Crippen LogP contribution in [0.25, 0.3) is 0 Å². The van der Waals surface area contributed by atoms with Gasteiger partial charge in [0.05, 0.1) is 13.1 Å². The molecule has 3 N–H and O–H groups in total. The number of ketones is 1. The quantitative estimate of drug-likeness (QED) is 0.474. The summed E-state index contributed by atoms with van der Waals surface area (Å²) in [4.78, 5) is 47.2. The fourth-order valence-corrected chi connectivity index (χ4v) is 2.75. The Morgan fingerprint density at radius 3 is 2.25 bits per heavy atom. The number of rotatable bonds is 13.